The zero-order valence-electron chi connectivity index (χ0n) is 11.2. The van der Waals surface area contributed by atoms with Crippen LogP contribution in [0.3, 0.4) is 0 Å². The Hall–Kier alpha value is -2.37. The van der Waals surface area contributed by atoms with Crippen molar-refractivity contribution in [3.8, 4) is 5.69 Å². The molecule has 1 heterocycles. The molecule has 0 radical (unpaired) electrons. The van der Waals surface area contributed by atoms with E-state index in [2.05, 4.69) is 5.10 Å². The summed E-state index contributed by atoms with van der Waals surface area (Å²) >= 11 is 0. The number of carbonyl (C=O) groups excluding carboxylic acids is 2. The maximum Gasteiger partial charge on any atom is 0.163 e. The fraction of sp³-hybridized carbons (Fsp3) is 0.214. The van der Waals surface area contributed by atoms with Gasteiger partial charge in [0.1, 0.15) is 0 Å². The lowest BCUT2D eigenvalue weighted by Gasteiger charge is -2.07. The van der Waals surface area contributed by atoms with Gasteiger partial charge in [0.15, 0.2) is 23.2 Å². The Labute approximate surface area is 114 Å². The van der Waals surface area contributed by atoms with Gasteiger partial charge in [-0.25, -0.2) is 13.5 Å². The summed E-state index contributed by atoms with van der Waals surface area (Å²) in [5, 5.41) is 4.07. The van der Waals surface area contributed by atoms with E-state index in [9.17, 15) is 18.4 Å². The molecular weight excluding hydrogens is 266 g/mol. The first-order valence-corrected chi connectivity index (χ1v) is 5.89. The molecule has 1 aromatic carbocycles. The van der Waals surface area contributed by atoms with E-state index >= 15 is 0 Å². The SMILES string of the molecule is CC(=O)c1cc(F)c(F)cc1-n1cc(C(C)=O)c(C)n1. The van der Waals surface area contributed by atoms with Gasteiger partial charge >= 0.3 is 0 Å². The van der Waals surface area contributed by atoms with Crippen molar-refractivity contribution in [2.75, 3.05) is 0 Å². The number of hydrogen-bond donors (Lipinski definition) is 0. The highest BCUT2D eigenvalue weighted by molar-refractivity contribution is 5.98. The van der Waals surface area contributed by atoms with Crippen LogP contribution in [0.4, 0.5) is 8.78 Å². The number of carbonyl (C=O) groups is 2. The Balaban J connectivity index is 2.68. The van der Waals surface area contributed by atoms with Crippen LogP contribution in [0.1, 0.15) is 40.3 Å². The molecule has 0 spiro atoms. The van der Waals surface area contributed by atoms with E-state index in [1.165, 1.54) is 24.7 Å². The largest absolute Gasteiger partial charge is 0.294 e. The number of hydrogen-bond acceptors (Lipinski definition) is 3. The van der Waals surface area contributed by atoms with Gasteiger partial charge in [-0.15, -0.1) is 0 Å². The van der Waals surface area contributed by atoms with Crippen molar-refractivity contribution in [1.82, 2.24) is 9.78 Å². The van der Waals surface area contributed by atoms with Crippen LogP contribution in [0.5, 0.6) is 0 Å². The third-order valence-electron chi connectivity index (χ3n) is 2.94. The fourth-order valence-corrected chi connectivity index (χ4v) is 1.94. The summed E-state index contributed by atoms with van der Waals surface area (Å²) in [7, 11) is 0. The van der Waals surface area contributed by atoms with Crippen molar-refractivity contribution in [3.05, 3.63) is 46.8 Å². The second kappa shape index (κ2) is 4.96. The lowest BCUT2D eigenvalue weighted by molar-refractivity contribution is 0.100. The van der Waals surface area contributed by atoms with E-state index < -0.39 is 17.4 Å². The van der Waals surface area contributed by atoms with Gasteiger partial charge in [-0.05, 0) is 26.8 Å². The zero-order valence-corrected chi connectivity index (χ0v) is 11.2. The molecule has 0 aliphatic heterocycles. The standard InChI is InChI=1S/C14H12F2N2O2/c1-7-11(9(3)20)6-18(17-7)14-5-13(16)12(15)4-10(14)8(2)19/h4-6H,1-3H3. The van der Waals surface area contributed by atoms with E-state index in [0.29, 0.717) is 11.3 Å². The van der Waals surface area contributed by atoms with Crippen molar-refractivity contribution in [1.29, 1.82) is 0 Å². The number of aromatic nitrogens is 2. The van der Waals surface area contributed by atoms with E-state index in [1.54, 1.807) is 6.92 Å². The van der Waals surface area contributed by atoms with E-state index in [0.717, 1.165) is 12.1 Å². The van der Waals surface area contributed by atoms with Crippen LogP contribution in [-0.4, -0.2) is 21.3 Å². The molecule has 6 heteroatoms. The predicted molar refractivity (Wildman–Crippen MR) is 68.2 cm³/mol. The lowest BCUT2D eigenvalue weighted by atomic mass is 10.1. The molecule has 2 rings (SSSR count). The number of Topliss-reactive ketones (excluding diaryl/α,β-unsaturated/α-hetero) is 2. The first-order chi connectivity index (χ1) is 9.31. The average Bonchev–Trinajstić information content (AvgIpc) is 2.74. The summed E-state index contributed by atoms with van der Waals surface area (Å²) in [5.74, 6) is -2.80. The van der Waals surface area contributed by atoms with Crippen LogP contribution in [-0.2, 0) is 0 Å². The Morgan fingerprint density at radius 1 is 1.05 bits per heavy atom. The molecule has 0 saturated heterocycles. The Morgan fingerprint density at radius 2 is 1.60 bits per heavy atom. The fourth-order valence-electron chi connectivity index (χ4n) is 1.94. The van der Waals surface area contributed by atoms with Gasteiger partial charge in [0.25, 0.3) is 0 Å². The normalized spacial score (nSPS) is 10.7. The maximum absolute atomic E-state index is 13.4. The molecule has 0 atom stereocenters. The minimum absolute atomic E-state index is 0.00139. The number of halogens is 2. The third-order valence-corrected chi connectivity index (χ3v) is 2.94. The number of aryl methyl sites for hydroxylation is 1. The van der Waals surface area contributed by atoms with Crippen molar-refractivity contribution in [2.45, 2.75) is 20.8 Å². The van der Waals surface area contributed by atoms with Crippen LogP contribution in [0, 0.1) is 18.6 Å². The minimum Gasteiger partial charge on any atom is -0.294 e. The summed E-state index contributed by atoms with van der Waals surface area (Å²) in [5.41, 5.74) is 0.925. The van der Waals surface area contributed by atoms with Crippen molar-refractivity contribution in [3.63, 3.8) is 0 Å². The summed E-state index contributed by atoms with van der Waals surface area (Å²) in [4.78, 5) is 22.9. The second-order valence-electron chi connectivity index (χ2n) is 4.47. The molecule has 0 unspecified atom stereocenters. The molecule has 1 aromatic heterocycles. The molecule has 0 bridgehead atoms. The second-order valence-corrected chi connectivity index (χ2v) is 4.47. The van der Waals surface area contributed by atoms with Crippen LogP contribution >= 0.6 is 0 Å². The number of nitrogens with zero attached hydrogens (tertiary/aromatic N) is 2. The molecule has 0 N–H and O–H groups in total. The van der Waals surface area contributed by atoms with Gasteiger partial charge in [-0.1, -0.05) is 0 Å². The molecule has 2 aromatic rings. The highest BCUT2D eigenvalue weighted by Gasteiger charge is 2.17. The highest BCUT2D eigenvalue weighted by Crippen LogP contribution is 2.21. The molecule has 0 saturated carbocycles. The number of rotatable bonds is 3. The van der Waals surface area contributed by atoms with Gasteiger partial charge in [0.05, 0.1) is 16.9 Å². The zero-order chi connectivity index (χ0) is 15.0. The molecule has 20 heavy (non-hydrogen) atoms. The lowest BCUT2D eigenvalue weighted by Crippen LogP contribution is -2.06. The average molecular weight is 278 g/mol. The minimum atomic E-state index is -1.10. The maximum atomic E-state index is 13.4. The topological polar surface area (TPSA) is 52.0 Å². The number of benzene rings is 1. The van der Waals surface area contributed by atoms with Gasteiger partial charge < -0.3 is 0 Å². The quantitative estimate of drug-likeness (QED) is 0.811. The molecule has 0 aliphatic carbocycles. The van der Waals surface area contributed by atoms with Crippen LogP contribution in [0.2, 0.25) is 0 Å². The van der Waals surface area contributed by atoms with Crippen molar-refractivity contribution >= 4 is 11.6 Å². The molecule has 104 valence electrons. The predicted octanol–water partition coefficient (Wildman–Crippen LogP) is 2.86. The monoisotopic (exact) mass is 278 g/mol. The summed E-state index contributed by atoms with van der Waals surface area (Å²) in [6, 6.07) is 1.72. The molecular formula is C14H12F2N2O2. The van der Waals surface area contributed by atoms with Crippen molar-refractivity contribution in [2.24, 2.45) is 0 Å². The van der Waals surface area contributed by atoms with Gasteiger partial charge in [0.2, 0.25) is 0 Å². The van der Waals surface area contributed by atoms with Gasteiger partial charge in [-0.2, -0.15) is 5.10 Å². The molecule has 0 fully saturated rings. The first-order valence-electron chi connectivity index (χ1n) is 5.89. The summed E-state index contributed by atoms with van der Waals surface area (Å²) in [6.45, 7) is 4.25. The van der Waals surface area contributed by atoms with Gasteiger partial charge in [-0.3, -0.25) is 9.59 Å². The van der Waals surface area contributed by atoms with Crippen LogP contribution in [0.25, 0.3) is 5.69 Å². The summed E-state index contributed by atoms with van der Waals surface area (Å²) < 4.78 is 27.8. The highest BCUT2D eigenvalue weighted by atomic mass is 19.2. The first kappa shape index (κ1) is 14.0. The van der Waals surface area contributed by atoms with Gasteiger partial charge in [0, 0.05) is 17.8 Å². The smallest absolute Gasteiger partial charge is 0.163 e. The molecule has 0 aliphatic rings. The van der Waals surface area contributed by atoms with E-state index in [1.807, 2.05) is 0 Å². The Kier molecular flexibility index (Phi) is 3.48. The van der Waals surface area contributed by atoms with Crippen LogP contribution < -0.4 is 0 Å². The molecule has 0 amide bonds. The Bertz CT molecular complexity index is 720. The molecule has 4 nitrogen and oxygen atoms in total. The summed E-state index contributed by atoms with van der Waals surface area (Å²) in [6.07, 6.45) is 1.40. The Morgan fingerprint density at radius 3 is 2.10 bits per heavy atom. The van der Waals surface area contributed by atoms with E-state index in [4.69, 9.17) is 0 Å². The third kappa shape index (κ3) is 2.36. The van der Waals surface area contributed by atoms with Crippen LogP contribution in [0.15, 0.2) is 18.3 Å². The van der Waals surface area contributed by atoms with E-state index in [-0.39, 0.29) is 17.0 Å². The van der Waals surface area contributed by atoms with Crippen molar-refractivity contribution < 1.29 is 18.4 Å². The number of ketones is 2.